The number of halogens is 1. The van der Waals surface area contributed by atoms with E-state index in [9.17, 15) is 4.79 Å². The molecule has 0 atom stereocenters. The van der Waals surface area contributed by atoms with Gasteiger partial charge in [-0.25, -0.2) is 4.98 Å². The van der Waals surface area contributed by atoms with Crippen LogP contribution in [0.2, 0.25) is 0 Å². The third kappa shape index (κ3) is 4.61. The van der Waals surface area contributed by atoms with Crippen LogP contribution in [0.1, 0.15) is 10.4 Å². The van der Waals surface area contributed by atoms with Crippen molar-refractivity contribution in [2.75, 3.05) is 53.4 Å². The Kier molecular flexibility index (Phi) is 7.88. The largest absolute Gasteiger partial charge is 0.495 e. The minimum atomic E-state index is -0.228. The number of carbonyl (C=O) groups excluding carboxylic acids is 1. The maximum Gasteiger partial charge on any atom is 0.267 e. The van der Waals surface area contributed by atoms with Gasteiger partial charge in [0.25, 0.3) is 5.91 Å². The second-order valence-corrected chi connectivity index (χ2v) is 7.61. The van der Waals surface area contributed by atoms with E-state index in [1.165, 1.54) is 18.4 Å². The molecule has 0 aliphatic rings. The van der Waals surface area contributed by atoms with Gasteiger partial charge in [0.2, 0.25) is 5.88 Å². The van der Waals surface area contributed by atoms with Gasteiger partial charge in [-0.05, 0) is 26.2 Å². The molecule has 0 fully saturated rings. The molecule has 3 rings (SSSR count). The molecule has 0 N–H and O–H groups in total. The molecule has 2 aromatic heterocycles. The van der Waals surface area contributed by atoms with Gasteiger partial charge in [-0.1, -0.05) is 11.3 Å². The number of fused-ring (bicyclic) bond motifs is 1. The van der Waals surface area contributed by atoms with Crippen molar-refractivity contribution in [1.29, 1.82) is 0 Å². The summed E-state index contributed by atoms with van der Waals surface area (Å²) in [6.07, 6.45) is 1.65. The van der Waals surface area contributed by atoms with Crippen LogP contribution in [-0.4, -0.2) is 74.1 Å². The highest BCUT2D eigenvalue weighted by atomic mass is 35.5. The summed E-state index contributed by atoms with van der Waals surface area (Å²) in [6.45, 7) is 1.12. The molecule has 0 bridgehead atoms. The Hall–Kier alpha value is -2.56. The molecule has 164 valence electrons. The fourth-order valence-electron chi connectivity index (χ4n) is 2.88. The normalized spacial score (nSPS) is 10.8. The molecule has 0 unspecified atom stereocenters. The number of thiazole rings is 1. The van der Waals surface area contributed by atoms with Gasteiger partial charge in [0.05, 0.1) is 21.3 Å². The van der Waals surface area contributed by atoms with E-state index in [-0.39, 0.29) is 24.2 Å². The molecule has 0 aliphatic carbocycles. The Labute approximate surface area is 185 Å². The molecule has 1 aromatic carbocycles. The molecule has 0 saturated carbocycles. The van der Waals surface area contributed by atoms with Crippen molar-refractivity contribution in [3.05, 3.63) is 23.9 Å². The second-order valence-electron chi connectivity index (χ2n) is 6.63. The summed E-state index contributed by atoms with van der Waals surface area (Å²) in [4.78, 5) is 21.8. The van der Waals surface area contributed by atoms with Gasteiger partial charge in [-0.2, -0.15) is 0 Å². The molecule has 11 heteroatoms. The fraction of sp³-hybridized carbons (Fsp3) is 0.421. The number of benzene rings is 1. The van der Waals surface area contributed by atoms with Crippen LogP contribution in [0, 0.1) is 0 Å². The first-order chi connectivity index (χ1) is 13.9. The smallest absolute Gasteiger partial charge is 0.267 e. The third-order valence-electron chi connectivity index (χ3n) is 4.36. The van der Waals surface area contributed by atoms with Gasteiger partial charge in [-0.3, -0.25) is 14.4 Å². The second kappa shape index (κ2) is 9.96. The maximum absolute atomic E-state index is 13.4. The number of hydrogen-bond acceptors (Lipinski definition) is 8. The standard InChI is InChI=1S/C19H25N5O4S.ClH/c1-22(2)9-10-24(18(25)12-11-23(3)21-17(12)28-6)19-20-15-13(26-4)7-8-14(27-5)16(15)29-19;/h7-8,11H,9-10H2,1-6H3;1H. The van der Waals surface area contributed by atoms with Crippen LogP contribution in [0.25, 0.3) is 10.2 Å². The van der Waals surface area contributed by atoms with Crippen molar-refractivity contribution in [3.63, 3.8) is 0 Å². The van der Waals surface area contributed by atoms with E-state index < -0.39 is 0 Å². The van der Waals surface area contributed by atoms with Crippen molar-refractivity contribution in [2.45, 2.75) is 0 Å². The lowest BCUT2D eigenvalue weighted by Gasteiger charge is -2.21. The monoisotopic (exact) mass is 455 g/mol. The summed E-state index contributed by atoms with van der Waals surface area (Å²) in [6, 6.07) is 3.64. The topological polar surface area (TPSA) is 82.0 Å². The summed E-state index contributed by atoms with van der Waals surface area (Å²) >= 11 is 1.38. The number of nitrogens with zero attached hydrogens (tertiary/aromatic N) is 5. The molecular weight excluding hydrogens is 430 g/mol. The molecular formula is C19H26ClN5O4S. The predicted molar refractivity (Wildman–Crippen MR) is 120 cm³/mol. The van der Waals surface area contributed by atoms with Crippen LogP contribution < -0.4 is 19.1 Å². The van der Waals surface area contributed by atoms with Crippen molar-refractivity contribution >= 4 is 45.0 Å². The highest BCUT2D eigenvalue weighted by molar-refractivity contribution is 7.22. The van der Waals surface area contributed by atoms with Gasteiger partial charge in [-0.15, -0.1) is 17.5 Å². The summed E-state index contributed by atoms with van der Waals surface area (Å²) in [5.74, 6) is 1.36. The summed E-state index contributed by atoms with van der Waals surface area (Å²) < 4.78 is 18.6. The first-order valence-corrected chi connectivity index (χ1v) is 9.77. The van der Waals surface area contributed by atoms with E-state index in [0.717, 1.165) is 4.70 Å². The van der Waals surface area contributed by atoms with Crippen LogP contribution in [0.3, 0.4) is 0 Å². The predicted octanol–water partition coefficient (Wildman–Crippen LogP) is 2.69. The lowest BCUT2D eigenvalue weighted by molar-refractivity contribution is 0.0982. The zero-order valence-electron chi connectivity index (χ0n) is 17.8. The van der Waals surface area contributed by atoms with E-state index in [0.29, 0.717) is 40.8 Å². The number of likely N-dealkylation sites (N-methyl/N-ethyl adjacent to an activating group) is 1. The number of hydrogen-bond donors (Lipinski definition) is 0. The Bertz CT molecular complexity index is 979. The highest BCUT2D eigenvalue weighted by Crippen LogP contribution is 2.40. The Morgan fingerprint density at radius 1 is 1.10 bits per heavy atom. The van der Waals surface area contributed by atoms with Crippen molar-refractivity contribution in [3.8, 4) is 17.4 Å². The van der Waals surface area contributed by atoms with E-state index in [1.54, 1.807) is 43.1 Å². The molecule has 30 heavy (non-hydrogen) atoms. The average molecular weight is 456 g/mol. The van der Waals surface area contributed by atoms with E-state index in [2.05, 4.69) is 5.10 Å². The number of anilines is 1. The van der Waals surface area contributed by atoms with Gasteiger partial charge in [0, 0.05) is 26.3 Å². The third-order valence-corrected chi connectivity index (χ3v) is 5.46. The molecule has 3 aromatic rings. The number of rotatable bonds is 8. The van der Waals surface area contributed by atoms with Gasteiger partial charge >= 0.3 is 0 Å². The van der Waals surface area contributed by atoms with E-state index >= 15 is 0 Å². The minimum Gasteiger partial charge on any atom is -0.495 e. The number of carbonyl (C=O) groups is 1. The number of amides is 1. The van der Waals surface area contributed by atoms with E-state index in [1.807, 2.05) is 25.1 Å². The first-order valence-electron chi connectivity index (χ1n) is 8.95. The SMILES string of the molecule is COc1nn(C)cc1C(=O)N(CCN(C)C)c1nc2c(OC)ccc(OC)c2s1.Cl. The lowest BCUT2D eigenvalue weighted by Crippen LogP contribution is -2.36. The van der Waals surface area contributed by atoms with Crippen molar-refractivity contribution < 1.29 is 19.0 Å². The fourth-order valence-corrected chi connectivity index (χ4v) is 3.98. The van der Waals surface area contributed by atoms with Crippen LogP contribution >= 0.6 is 23.7 Å². The summed E-state index contributed by atoms with van der Waals surface area (Å²) in [5, 5.41) is 4.75. The van der Waals surface area contributed by atoms with Crippen LogP contribution in [0.15, 0.2) is 18.3 Å². The van der Waals surface area contributed by atoms with Crippen LogP contribution in [-0.2, 0) is 7.05 Å². The average Bonchev–Trinajstić information content (AvgIpc) is 3.30. The summed E-state index contributed by atoms with van der Waals surface area (Å²) in [7, 11) is 10.4. The highest BCUT2D eigenvalue weighted by Gasteiger charge is 2.27. The van der Waals surface area contributed by atoms with Crippen molar-refractivity contribution in [1.82, 2.24) is 19.7 Å². The number of ether oxygens (including phenoxy) is 3. The van der Waals surface area contributed by atoms with Crippen molar-refractivity contribution in [2.24, 2.45) is 7.05 Å². The molecule has 0 radical (unpaired) electrons. The van der Waals surface area contributed by atoms with Gasteiger partial charge in [0.15, 0.2) is 5.13 Å². The summed E-state index contributed by atoms with van der Waals surface area (Å²) in [5.41, 5.74) is 1.04. The van der Waals surface area contributed by atoms with Crippen LogP contribution in [0.4, 0.5) is 5.13 Å². The first kappa shape index (κ1) is 23.7. The molecule has 1 amide bonds. The van der Waals surface area contributed by atoms with Crippen LogP contribution in [0.5, 0.6) is 17.4 Å². The zero-order chi connectivity index (χ0) is 21.1. The van der Waals surface area contributed by atoms with Gasteiger partial charge in [0.1, 0.15) is 27.3 Å². The number of aromatic nitrogens is 3. The quantitative estimate of drug-likeness (QED) is 0.516. The molecule has 9 nitrogen and oxygen atoms in total. The number of methoxy groups -OCH3 is 3. The molecule has 0 aliphatic heterocycles. The maximum atomic E-state index is 13.4. The molecule has 2 heterocycles. The number of aryl methyl sites for hydroxylation is 1. The minimum absolute atomic E-state index is 0. The molecule has 0 spiro atoms. The Morgan fingerprint density at radius 2 is 1.77 bits per heavy atom. The van der Waals surface area contributed by atoms with Gasteiger partial charge < -0.3 is 19.1 Å². The van der Waals surface area contributed by atoms with E-state index in [4.69, 9.17) is 19.2 Å². The molecule has 0 saturated heterocycles. The Morgan fingerprint density at radius 3 is 2.37 bits per heavy atom. The lowest BCUT2D eigenvalue weighted by atomic mass is 10.3. The zero-order valence-corrected chi connectivity index (χ0v) is 19.5. The Balaban J connectivity index is 0.00000320.